The average molecular weight is 376 g/mol. The molecule has 0 aliphatic carbocycles. The minimum atomic E-state index is 0.864. The maximum atomic E-state index is 5.35. The molecule has 0 saturated heterocycles. The van der Waals surface area contributed by atoms with Crippen molar-refractivity contribution < 1.29 is 9.14 Å². The van der Waals surface area contributed by atoms with E-state index in [1.54, 1.807) is 7.11 Å². The molecular formula is C27H22NO+. The Morgan fingerprint density at radius 2 is 1.34 bits per heavy atom. The fourth-order valence-electron chi connectivity index (χ4n) is 3.97. The lowest BCUT2D eigenvalue weighted by molar-refractivity contribution is -0.485. The van der Waals surface area contributed by atoms with E-state index in [0.717, 1.165) is 17.0 Å². The first-order valence-electron chi connectivity index (χ1n) is 9.82. The summed E-state index contributed by atoms with van der Waals surface area (Å²) in [6.07, 6.45) is 0. The molecule has 3 aromatic carbocycles. The largest absolute Gasteiger partial charge is 0.497 e. The van der Waals surface area contributed by atoms with E-state index in [-0.39, 0.29) is 0 Å². The van der Waals surface area contributed by atoms with Gasteiger partial charge in [-0.3, -0.25) is 0 Å². The smallest absolute Gasteiger partial charge is 0.219 e. The molecule has 2 heterocycles. The van der Waals surface area contributed by atoms with Crippen molar-refractivity contribution in [2.45, 2.75) is 6.92 Å². The van der Waals surface area contributed by atoms with Gasteiger partial charge in [0.2, 0.25) is 16.9 Å². The van der Waals surface area contributed by atoms with Gasteiger partial charge in [-0.05, 0) is 60.8 Å². The van der Waals surface area contributed by atoms with Gasteiger partial charge in [-0.1, -0.05) is 35.9 Å². The first kappa shape index (κ1) is 17.4. The van der Waals surface area contributed by atoms with Crippen LogP contribution in [0.25, 0.3) is 38.8 Å². The van der Waals surface area contributed by atoms with Crippen LogP contribution < -0.4 is 9.14 Å². The standard InChI is InChI=1S/C27H22NO/c1-19-10-12-21(13-11-19)27-18-22-6-3-4-7-24(22)26-9-5-8-25(28(26)27)20-14-16-23(29-2)17-15-20/h3-18H,1-2H3/q+1. The number of methoxy groups -OCH3 is 1. The number of hydrogen-bond acceptors (Lipinski definition) is 1. The molecule has 0 aliphatic rings. The summed E-state index contributed by atoms with van der Waals surface area (Å²) >= 11 is 0. The van der Waals surface area contributed by atoms with Crippen molar-refractivity contribution in [2.24, 2.45) is 0 Å². The molecule has 2 nitrogen and oxygen atoms in total. The Balaban J connectivity index is 1.88. The lowest BCUT2D eigenvalue weighted by Gasteiger charge is -2.09. The quantitative estimate of drug-likeness (QED) is 0.269. The molecule has 0 spiro atoms. The Morgan fingerprint density at radius 1 is 0.655 bits per heavy atom. The van der Waals surface area contributed by atoms with Crippen molar-refractivity contribution in [1.29, 1.82) is 0 Å². The lowest BCUT2D eigenvalue weighted by atomic mass is 10.0. The SMILES string of the molecule is COc1ccc(-c2cccc3c4ccccc4cc(-c4ccc(C)cc4)[n+]23)cc1. The summed E-state index contributed by atoms with van der Waals surface area (Å²) in [4.78, 5) is 0. The first-order chi connectivity index (χ1) is 14.2. The second kappa shape index (κ2) is 7.06. The number of nitrogens with zero attached hydrogens (tertiary/aromatic N) is 1. The molecule has 2 aromatic heterocycles. The van der Waals surface area contributed by atoms with E-state index in [9.17, 15) is 0 Å². The van der Waals surface area contributed by atoms with Gasteiger partial charge in [-0.15, -0.1) is 0 Å². The van der Waals surface area contributed by atoms with E-state index in [1.165, 1.54) is 33.1 Å². The van der Waals surface area contributed by atoms with Gasteiger partial charge in [0.1, 0.15) is 5.75 Å². The van der Waals surface area contributed by atoms with Gasteiger partial charge in [0, 0.05) is 29.3 Å². The summed E-state index contributed by atoms with van der Waals surface area (Å²) < 4.78 is 7.72. The third-order valence-corrected chi connectivity index (χ3v) is 5.49. The van der Waals surface area contributed by atoms with Crippen LogP contribution >= 0.6 is 0 Å². The first-order valence-corrected chi connectivity index (χ1v) is 9.82. The van der Waals surface area contributed by atoms with Gasteiger partial charge in [0.05, 0.1) is 12.5 Å². The topological polar surface area (TPSA) is 13.3 Å². The number of rotatable bonds is 3. The van der Waals surface area contributed by atoms with Gasteiger partial charge in [-0.25, -0.2) is 0 Å². The van der Waals surface area contributed by atoms with Crippen molar-refractivity contribution in [3.8, 4) is 28.3 Å². The number of benzene rings is 3. The van der Waals surface area contributed by atoms with Crippen LogP contribution in [0.1, 0.15) is 5.56 Å². The Labute approximate surface area is 170 Å². The van der Waals surface area contributed by atoms with E-state index in [0.29, 0.717) is 0 Å². The molecule has 0 saturated carbocycles. The van der Waals surface area contributed by atoms with E-state index in [1.807, 2.05) is 12.1 Å². The summed E-state index contributed by atoms with van der Waals surface area (Å²) in [5.74, 6) is 0.864. The van der Waals surface area contributed by atoms with Gasteiger partial charge in [0.25, 0.3) is 0 Å². The Hall–Kier alpha value is -3.65. The van der Waals surface area contributed by atoms with Crippen molar-refractivity contribution >= 4 is 16.3 Å². The minimum absolute atomic E-state index is 0.864. The molecule has 5 aromatic rings. The van der Waals surface area contributed by atoms with E-state index < -0.39 is 0 Å². The normalized spacial score (nSPS) is 11.1. The molecule has 29 heavy (non-hydrogen) atoms. The molecule has 0 amide bonds. The molecule has 5 rings (SSSR count). The van der Waals surface area contributed by atoms with Crippen LogP contribution in [0.15, 0.2) is 97.1 Å². The summed E-state index contributed by atoms with van der Waals surface area (Å²) in [6.45, 7) is 2.12. The fraction of sp³-hybridized carbons (Fsp3) is 0.0741. The van der Waals surface area contributed by atoms with Crippen molar-refractivity contribution in [2.75, 3.05) is 7.11 Å². The van der Waals surface area contributed by atoms with Gasteiger partial charge in [0.15, 0.2) is 0 Å². The van der Waals surface area contributed by atoms with E-state index in [2.05, 4.69) is 96.3 Å². The average Bonchev–Trinajstić information content (AvgIpc) is 2.79. The molecule has 2 heteroatoms. The monoisotopic (exact) mass is 376 g/mol. The Bertz CT molecular complexity index is 1320. The van der Waals surface area contributed by atoms with Crippen LogP contribution in [0.3, 0.4) is 0 Å². The highest BCUT2D eigenvalue weighted by atomic mass is 16.5. The zero-order valence-electron chi connectivity index (χ0n) is 16.6. The van der Waals surface area contributed by atoms with Crippen LogP contribution in [-0.2, 0) is 0 Å². The molecule has 0 fully saturated rings. The molecule has 0 aliphatic heterocycles. The van der Waals surface area contributed by atoms with Gasteiger partial charge in [-0.2, -0.15) is 4.40 Å². The molecular weight excluding hydrogens is 354 g/mol. The lowest BCUT2D eigenvalue weighted by Crippen LogP contribution is -2.28. The maximum absolute atomic E-state index is 5.35. The third-order valence-electron chi connectivity index (χ3n) is 5.49. The Morgan fingerprint density at radius 3 is 2.10 bits per heavy atom. The third kappa shape index (κ3) is 3.03. The van der Waals surface area contributed by atoms with Crippen molar-refractivity contribution in [1.82, 2.24) is 0 Å². The molecule has 0 bridgehead atoms. The minimum Gasteiger partial charge on any atom is -0.497 e. The van der Waals surface area contributed by atoms with Crippen LogP contribution in [0.4, 0.5) is 0 Å². The molecule has 0 radical (unpaired) electrons. The van der Waals surface area contributed by atoms with Crippen LogP contribution in [0.2, 0.25) is 0 Å². The van der Waals surface area contributed by atoms with Crippen LogP contribution in [0, 0.1) is 6.92 Å². The fourth-order valence-corrected chi connectivity index (χ4v) is 3.97. The zero-order chi connectivity index (χ0) is 19.8. The maximum Gasteiger partial charge on any atom is 0.219 e. The van der Waals surface area contributed by atoms with E-state index in [4.69, 9.17) is 4.74 Å². The molecule has 140 valence electrons. The second-order valence-corrected chi connectivity index (χ2v) is 7.34. The highest BCUT2D eigenvalue weighted by Gasteiger charge is 2.21. The van der Waals surface area contributed by atoms with Gasteiger partial charge >= 0.3 is 0 Å². The zero-order valence-corrected chi connectivity index (χ0v) is 16.6. The molecule has 0 unspecified atom stereocenters. The predicted molar refractivity (Wildman–Crippen MR) is 119 cm³/mol. The molecule has 0 N–H and O–H groups in total. The number of hydrogen-bond donors (Lipinski definition) is 0. The number of aryl methyl sites for hydroxylation is 1. The summed E-state index contributed by atoms with van der Waals surface area (Å²) in [6, 6.07) is 34.4. The van der Waals surface area contributed by atoms with Gasteiger partial charge < -0.3 is 4.74 Å². The number of ether oxygens (including phenoxy) is 1. The number of aromatic nitrogens is 1. The van der Waals surface area contributed by atoms with Crippen LogP contribution in [0.5, 0.6) is 5.75 Å². The van der Waals surface area contributed by atoms with Crippen LogP contribution in [-0.4, -0.2) is 7.11 Å². The number of fused-ring (bicyclic) bond motifs is 3. The highest BCUT2D eigenvalue weighted by Crippen LogP contribution is 2.28. The Kier molecular flexibility index (Phi) is 4.25. The van der Waals surface area contributed by atoms with Crippen molar-refractivity contribution in [3.05, 3.63) is 103 Å². The highest BCUT2D eigenvalue weighted by molar-refractivity contribution is 5.95. The molecule has 0 atom stereocenters. The second-order valence-electron chi connectivity index (χ2n) is 7.34. The van der Waals surface area contributed by atoms with Crippen molar-refractivity contribution in [3.63, 3.8) is 0 Å². The number of pyridine rings is 2. The predicted octanol–water partition coefficient (Wildman–Crippen LogP) is 6.23. The van der Waals surface area contributed by atoms with E-state index >= 15 is 0 Å². The summed E-state index contributed by atoms with van der Waals surface area (Å²) in [5.41, 5.74) is 7.17. The summed E-state index contributed by atoms with van der Waals surface area (Å²) in [7, 11) is 1.70. The summed E-state index contributed by atoms with van der Waals surface area (Å²) in [5, 5.41) is 2.49.